The maximum absolute atomic E-state index is 11.6. The second-order valence-electron chi connectivity index (χ2n) is 5.67. The van der Waals surface area contributed by atoms with Gasteiger partial charge in [0.25, 0.3) is 5.91 Å². The summed E-state index contributed by atoms with van der Waals surface area (Å²) in [6, 6.07) is 7.67. The molecule has 6 nitrogen and oxygen atoms in total. The molecule has 0 radical (unpaired) electrons. The molecule has 1 aliphatic heterocycles. The normalized spacial score (nSPS) is 23.3. The summed E-state index contributed by atoms with van der Waals surface area (Å²) in [6.45, 7) is 2.43. The number of hydrogen-bond acceptors (Lipinski definition) is 5. The van der Waals surface area contributed by atoms with E-state index in [4.69, 9.17) is 19.9 Å². The molecule has 2 rings (SSSR count). The van der Waals surface area contributed by atoms with Crippen molar-refractivity contribution in [1.29, 1.82) is 0 Å². The van der Waals surface area contributed by atoms with Crippen molar-refractivity contribution in [3.63, 3.8) is 0 Å². The van der Waals surface area contributed by atoms with E-state index in [-0.39, 0.29) is 24.2 Å². The van der Waals surface area contributed by atoms with Crippen LogP contribution in [0, 0.1) is 5.92 Å². The third-order valence-electron chi connectivity index (χ3n) is 4.15. The van der Waals surface area contributed by atoms with Gasteiger partial charge in [-0.1, -0.05) is 12.1 Å². The lowest BCUT2D eigenvalue weighted by Gasteiger charge is -2.36. The van der Waals surface area contributed by atoms with Crippen LogP contribution in [-0.2, 0) is 14.3 Å². The number of benzene rings is 1. The first-order valence-corrected chi connectivity index (χ1v) is 8.15. The molecule has 0 unspecified atom stereocenters. The first kappa shape index (κ1) is 18.3. The minimum atomic E-state index is -0.612. The van der Waals surface area contributed by atoms with Crippen molar-refractivity contribution in [2.75, 3.05) is 20.3 Å². The third kappa shape index (κ3) is 4.27. The number of hydrogen-bond donors (Lipinski definition) is 2. The van der Waals surface area contributed by atoms with Crippen LogP contribution in [0.4, 0.5) is 0 Å². The number of aliphatic hydroxyl groups excluding tert-OH is 1. The molecule has 0 bridgehead atoms. The molecule has 6 heteroatoms. The quantitative estimate of drug-likeness (QED) is 0.757. The highest BCUT2D eigenvalue weighted by atomic mass is 16.7. The van der Waals surface area contributed by atoms with Crippen LogP contribution >= 0.6 is 0 Å². The molecule has 0 fully saturated rings. The number of ether oxygens (including phenoxy) is 3. The van der Waals surface area contributed by atoms with E-state index in [0.717, 1.165) is 11.3 Å². The van der Waals surface area contributed by atoms with Crippen LogP contribution in [-0.4, -0.2) is 37.6 Å². The van der Waals surface area contributed by atoms with Gasteiger partial charge in [0.2, 0.25) is 6.29 Å². The van der Waals surface area contributed by atoms with E-state index in [9.17, 15) is 9.90 Å². The molecule has 1 aliphatic rings. The SMILES string of the molecule is CCO[C@@H]1OC(C(N)=O)=C[C@H](c2ccc(OC)cc2)[C@H]1CCCO. The molecule has 1 aromatic rings. The van der Waals surface area contributed by atoms with Gasteiger partial charge in [0.1, 0.15) is 5.75 Å². The molecule has 1 aromatic carbocycles. The van der Waals surface area contributed by atoms with Gasteiger partial charge in [0.15, 0.2) is 5.76 Å². The Hall–Kier alpha value is -2.05. The minimum Gasteiger partial charge on any atom is -0.497 e. The van der Waals surface area contributed by atoms with Gasteiger partial charge in [-0.2, -0.15) is 0 Å². The van der Waals surface area contributed by atoms with Crippen LogP contribution in [0.2, 0.25) is 0 Å². The molecule has 0 aromatic heterocycles. The number of carbonyl (C=O) groups is 1. The van der Waals surface area contributed by atoms with Crippen LogP contribution in [0.3, 0.4) is 0 Å². The van der Waals surface area contributed by atoms with Crippen molar-refractivity contribution in [3.05, 3.63) is 41.7 Å². The fourth-order valence-corrected chi connectivity index (χ4v) is 2.98. The van der Waals surface area contributed by atoms with E-state index >= 15 is 0 Å². The molecule has 132 valence electrons. The zero-order valence-corrected chi connectivity index (χ0v) is 14.1. The second kappa shape index (κ2) is 8.70. The Bertz CT molecular complexity index is 569. The van der Waals surface area contributed by atoms with E-state index in [1.807, 2.05) is 31.2 Å². The van der Waals surface area contributed by atoms with Crippen molar-refractivity contribution >= 4 is 5.91 Å². The smallest absolute Gasteiger partial charge is 0.283 e. The fraction of sp³-hybridized carbons (Fsp3) is 0.500. The number of aliphatic hydroxyl groups is 1. The van der Waals surface area contributed by atoms with Gasteiger partial charge in [-0.25, -0.2) is 0 Å². The zero-order chi connectivity index (χ0) is 17.5. The Morgan fingerprint density at radius 2 is 2.04 bits per heavy atom. The van der Waals surface area contributed by atoms with Crippen molar-refractivity contribution < 1.29 is 24.1 Å². The molecular weight excluding hydrogens is 310 g/mol. The molecule has 0 spiro atoms. The molecule has 1 amide bonds. The average molecular weight is 335 g/mol. The molecule has 0 aliphatic carbocycles. The maximum Gasteiger partial charge on any atom is 0.283 e. The van der Waals surface area contributed by atoms with E-state index in [1.54, 1.807) is 13.2 Å². The number of primary amides is 1. The molecule has 3 N–H and O–H groups in total. The summed E-state index contributed by atoms with van der Waals surface area (Å²) in [7, 11) is 1.61. The predicted octanol–water partition coefficient (Wildman–Crippen LogP) is 1.93. The highest BCUT2D eigenvalue weighted by molar-refractivity contribution is 5.90. The number of methoxy groups -OCH3 is 1. The van der Waals surface area contributed by atoms with Gasteiger partial charge in [-0.05, 0) is 43.5 Å². The van der Waals surface area contributed by atoms with Crippen molar-refractivity contribution in [1.82, 2.24) is 0 Å². The van der Waals surface area contributed by atoms with Crippen molar-refractivity contribution in [2.24, 2.45) is 11.7 Å². The van der Waals surface area contributed by atoms with Crippen LogP contribution in [0.25, 0.3) is 0 Å². The topological polar surface area (TPSA) is 91.0 Å². The van der Waals surface area contributed by atoms with Gasteiger partial charge in [-0.3, -0.25) is 4.79 Å². The van der Waals surface area contributed by atoms with Crippen molar-refractivity contribution in [2.45, 2.75) is 32.0 Å². The van der Waals surface area contributed by atoms with Crippen LogP contribution in [0.1, 0.15) is 31.2 Å². The first-order chi connectivity index (χ1) is 11.6. The lowest BCUT2D eigenvalue weighted by atomic mass is 9.80. The second-order valence-corrected chi connectivity index (χ2v) is 5.67. The van der Waals surface area contributed by atoms with E-state index < -0.39 is 12.2 Å². The Morgan fingerprint density at radius 1 is 1.33 bits per heavy atom. The van der Waals surface area contributed by atoms with Gasteiger partial charge in [-0.15, -0.1) is 0 Å². The summed E-state index contributed by atoms with van der Waals surface area (Å²) >= 11 is 0. The Morgan fingerprint density at radius 3 is 2.58 bits per heavy atom. The fourth-order valence-electron chi connectivity index (χ4n) is 2.98. The number of carbonyl (C=O) groups excluding carboxylic acids is 1. The lowest BCUT2D eigenvalue weighted by Crippen LogP contribution is -2.37. The lowest BCUT2D eigenvalue weighted by molar-refractivity contribution is -0.165. The zero-order valence-electron chi connectivity index (χ0n) is 14.1. The summed E-state index contributed by atoms with van der Waals surface area (Å²) < 4.78 is 16.5. The third-order valence-corrected chi connectivity index (χ3v) is 4.15. The molecule has 1 heterocycles. The van der Waals surface area contributed by atoms with Gasteiger partial charge in [0, 0.05) is 25.0 Å². The first-order valence-electron chi connectivity index (χ1n) is 8.15. The minimum absolute atomic E-state index is 0.0198. The summed E-state index contributed by atoms with van der Waals surface area (Å²) in [5, 5.41) is 9.19. The number of allylic oxidation sites excluding steroid dienone is 1. The van der Waals surface area contributed by atoms with Crippen LogP contribution in [0.5, 0.6) is 5.75 Å². The van der Waals surface area contributed by atoms with Crippen molar-refractivity contribution in [3.8, 4) is 5.75 Å². The molecule has 0 saturated carbocycles. The van der Waals surface area contributed by atoms with E-state index in [1.165, 1.54) is 0 Å². The molecule has 0 saturated heterocycles. The maximum atomic E-state index is 11.6. The number of nitrogens with two attached hydrogens (primary N) is 1. The van der Waals surface area contributed by atoms with Gasteiger partial charge in [0.05, 0.1) is 7.11 Å². The van der Waals surface area contributed by atoms with Crippen LogP contribution in [0.15, 0.2) is 36.1 Å². The highest BCUT2D eigenvalue weighted by Gasteiger charge is 2.37. The summed E-state index contributed by atoms with van der Waals surface area (Å²) in [5.74, 6) is 0.162. The monoisotopic (exact) mass is 335 g/mol. The van der Waals surface area contributed by atoms with Gasteiger partial charge < -0.3 is 25.1 Å². The number of amides is 1. The summed E-state index contributed by atoms with van der Waals surface area (Å²) in [5.41, 5.74) is 6.43. The van der Waals surface area contributed by atoms with E-state index in [0.29, 0.717) is 19.4 Å². The molecular formula is C18H25NO5. The average Bonchev–Trinajstić information content (AvgIpc) is 2.60. The Balaban J connectivity index is 2.37. The van der Waals surface area contributed by atoms with Gasteiger partial charge >= 0.3 is 0 Å². The summed E-state index contributed by atoms with van der Waals surface area (Å²) in [4.78, 5) is 11.6. The predicted molar refractivity (Wildman–Crippen MR) is 89.3 cm³/mol. The Labute approximate surface area is 142 Å². The van der Waals surface area contributed by atoms with E-state index in [2.05, 4.69) is 0 Å². The summed E-state index contributed by atoms with van der Waals surface area (Å²) in [6.07, 6.45) is 2.52. The largest absolute Gasteiger partial charge is 0.497 e. The standard InChI is InChI=1S/C18H25NO5/c1-3-23-18-14(5-4-10-20)15(11-16(24-18)17(19)21)12-6-8-13(22-2)9-7-12/h6-9,11,14-15,18,20H,3-5,10H2,1-2H3,(H2,19,21)/t14-,15-,18-/m1/s1. The molecule has 3 atom stereocenters. The number of rotatable bonds is 8. The highest BCUT2D eigenvalue weighted by Crippen LogP contribution is 2.39. The molecule has 24 heavy (non-hydrogen) atoms. The Kier molecular flexibility index (Phi) is 6.63. The van der Waals surface area contributed by atoms with Crippen LogP contribution < -0.4 is 10.5 Å².